The Morgan fingerprint density at radius 1 is 1.15 bits per heavy atom. The fourth-order valence-corrected chi connectivity index (χ4v) is 2.22. The lowest BCUT2D eigenvalue weighted by Gasteiger charge is -2.37. The summed E-state index contributed by atoms with van der Waals surface area (Å²) >= 11 is 0. The summed E-state index contributed by atoms with van der Waals surface area (Å²) in [5.74, 6) is 0. The Bertz CT molecular complexity index is 474. The van der Waals surface area contributed by atoms with Gasteiger partial charge in [0.2, 0.25) is 0 Å². The maximum atomic E-state index is 12.1. The number of allylic oxidation sites excluding steroid dienone is 4. The highest BCUT2D eigenvalue weighted by Crippen LogP contribution is 2.15. The van der Waals surface area contributed by atoms with Crippen LogP contribution in [0.5, 0.6) is 0 Å². The molecule has 3 N–H and O–H groups in total. The van der Waals surface area contributed by atoms with Crippen molar-refractivity contribution in [1.82, 2.24) is 9.80 Å². The third kappa shape index (κ3) is 9.98. The molecule has 1 aliphatic rings. The lowest BCUT2D eigenvalue weighted by Crippen LogP contribution is -2.50. The van der Waals surface area contributed by atoms with Gasteiger partial charge in [0.15, 0.2) is 0 Å². The molecule has 0 aliphatic carbocycles. The minimum absolute atomic E-state index is 0.253. The van der Waals surface area contributed by atoms with Gasteiger partial charge in [0.05, 0.1) is 11.4 Å². The van der Waals surface area contributed by atoms with E-state index in [2.05, 4.69) is 10.6 Å². The quantitative estimate of drug-likeness (QED) is 0.587. The van der Waals surface area contributed by atoms with Crippen LogP contribution in [0.2, 0.25) is 0 Å². The number of amides is 1. The fraction of sp³-hybridized carbons (Fsp3) is 0.632. The van der Waals surface area contributed by atoms with E-state index in [0.717, 1.165) is 18.8 Å². The van der Waals surface area contributed by atoms with Crippen molar-refractivity contribution in [2.75, 3.05) is 33.2 Å². The third-order valence-corrected chi connectivity index (χ3v) is 3.38. The summed E-state index contributed by atoms with van der Waals surface area (Å²) < 4.78 is 5.41. The summed E-state index contributed by atoms with van der Waals surface area (Å²) in [5, 5.41) is 8.11. The smallest absolute Gasteiger partial charge is 0.410 e. The first-order valence-corrected chi connectivity index (χ1v) is 8.78. The molecule has 1 fully saturated rings. The third-order valence-electron chi connectivity index (χ3n) is 3.38. The molecule has 1 saturated heterocycles. The summed E-state index contributed by atoms with van der Waals surface area (Å²) in [7, 11) is 1.50. The molecule has 0 radical (unpaired) electrons. The molecule has 0 aromatic rings. The predicted molar refractivity (Wildman–Crippen MR) is 108 cm³/mol. The van der Waals surface area contributed by atoms with E-state index in [9.17, 15) is 4.79 Å². The van der Waals surface area contributed by atoms with Crippen LogP contribution in [0.4, 0.5) is 4.79 Å². The first-order chi connectivity index (χ1) is 12.3. The van der Waals surface area contributed by atoms with Crippen molar-refractivity contribution < 1.29 is 14.3 Å². The van der Waals surface area contributed by atoms with Crippen LogP contribution in [0.15, 0.2) is 23.9 Å². The summed E-state index contributed by atoms with van der Waals surface area (Å²) in [4.78, 5) is 24.0. The molecule has 7 heteroatoms. The van der Waals surface area contributed by atoms with Crippen LogP contribution >= 0.6 is 0 Å². The SMILES string of the molecule is C/C=C/C=C(\C(=N)CC)N1CCN(C(=O)OC(C)(C)C)CC1.C=O.CN. The van der Waals surface area contributed by atoms with E-state index in [1.165, 1.54) is 7.05 Å². The van der Waals surface area contributed by atoms with Crippen molar-refractivity contribution >= 4 is 18.6 Å². The Kier molecular flexibility index (Phi) is 14.1. The van der Waals surface area contributed by atoms with Crippen LogP contribution in [-0.2, 0) is 9.53 Å². The zero-order chi connectivity index (χ0) is 20.8. The molecule has 150 valence electrons. The van der Waals surface area contributed by atoms with Crippen molar-refractivity contribution in [2.24, 2.45) is 5.73 Å². The molecule has 0 bridgehead atoms. The van der Waals surface area contributed by atoms with Crippen molar-refractivity contribution in [3.63, 3.8) is 0 Å². The number of rotatable bonds is 4. The molecule has 1 aliphatic heterocycles. The van der Waals surface area contributed by atoms with Crippen LogP contribution in [0.3, 0.4) is 0 Å². The van der Waals surface area contributed by atoms with Gasteiger partial charge in [-0.2, -0.15) is 0 Å². The number of hydrogen-bond donors (Lipinski definition) is 2. The van der Waals surface area contributed by atoms with Crippen LogP contribution < -0.4 is 5.73 Å². The van der Waals surface area contributed by atoms with E-state index in [0.29, 0.717) is 25.2 Å². The van der Waals surface area contributed by atoms with Gasteiger partial charge < -0.3 is 30.5 Å². The van der Waals surface area contributed by atoms with Crippen LogP contribution in [0.1, 0.15) is 41.0 Å². The number of nitrogens with two attached hydrogens (primary N) is 1. The zero-order valence-corrected chi connectivity index (χ0v) is 17.2. The maximum absolute atomic E-state index is 12.1. The number of ether oxygens (including phenoxy) is 1. The lowest BCUT2D eigenvalue weighted by molar-refractivity contribution is -0.0980. The Labute approximate surface area is 158 Å². The summed E-state index contributed by atoms with van der Waals surface area (Å²) in [6, 6.07) is 0. The second-order valence-electron chi connectivity index (χ2n) is 6.36. The highest BCUT2D eigenvalue weighted by atomic mass is 16.6. The van der Waals surface area contributed by atoms with E-state index in [1.807, 2.05) is 59.6 Å². The average molecular weight is 369 g/mol. The summed E-state index contributed by atoms with van der Waals surface area (Å²) in [5.41, 5.74) is 5.61. The molecular weight excluding hydrogens is 332 g/mol. The van der Waals surface area contributed by atoms with Gasteiger partial charge in [-0.25, -0.2) is 4.79 Å². The second kappa shape index (κ2) is 14.1. The van der Waals surface area contributed by atoms with Gasteiger partial charge >= 0.3 is 6.09 Å². The molecule has 1 amide bonds. The van der Waals surface area contributed by atoms with Crippen molar-refractivity contribution in [2.45, 2.75) is 46.6 Å². The second-order valence-corrected chi connectivity index (χ2v) is 6.36. The molecule has 0 spiro atoms. The van der Waals surface area contributed by atoms with Gasteiger partial charge in [0, 0.05) is 26.2 Å². The first-order valence-electron chi connectivity index (χ1n) is 8.78. The van der Waals surface area contributed by atoms with Gasteiger partial charge in [-0.1, -0.05) is 19.1 Å². The molecule has 1 heterocycles. The normalized spacial score (nSPS) is 14.8. The Balaban J connectivity index is 0. The minimum atomic E-state index is -0.463. The van der Waals surface area contributed by atoms with E-state index in [4.69, 9.17) is 14.9 Å². The average Bonchev–Trinajstić information content (AvgIpc) is 2.64. The maximum Gasteiger partial charge on any atom is 0.410 e. The molecule has 0 atom stereocenters. The largest absolute Gasteiger partial charge is 0.444 e. The standard InChI is InChI=1S/C17H29N3O2.CH5N.CH2O/c1-6-8-9-15(14(18)7-2)19-10-12-20(13-11-19)16(21)22-17(3,4)5;2*1-2/h6,8-9,18H,7,10-13H2,1-5H3;2H2,1H3;1H2/b8-6+,15-9+,18-14?;;. The number of nitrogens with one attached hydrogen (secondary N) is 1. The lowest BCUT2D eigenvalue weighted by atomic mass is 10.1. The molecule has 1 rings (SSSR count). The molecule has 0 aromatic heterocycles. The number of nitrogens with zero attached hydrogens (tertiary/aromatic N) is 2. The van der Waals surface area contributed by atoms with Gasteiger partial charge in [-0.3, -0.25) is 0 Å². The van der Waals surface area contributed by atoms with Gasteiger partial charge in [-0.05, 0) is 47.2 Å². The van der Waals surface area contributed by atoms with E-state index in [1.54, 1.807) is 4.90 Å². The van der Waals surface area contributed by atoms with Crippen LogP contribution in [-0.4, -0.2) is 67.2 Å². The van der Waals surface area contributed by atoms with Crippen LogP contribution in [0, 0.1) is 5.41 Å². The van der Waals surface area contributed by atoms with Gasteiger partial charge in [-0.15, -0.1) is 0 Å². The van der Waals surface area contributed by atoms with Crippen LogP contribution in [0.25, 0.3) is 0 Å². The topological polar surface area (TPSA) is 99.7 Å². The predicted octanol–water partition coefficient (Wildman–Crippen LogP) is 2.82. The Morgan fingerprint density at radius 2 is 1.62 bits per heavy atom. The summed E-state index contributed by atoms with van der Waals surface area (Å²) in [6.07, 6.45) is 6.35. The number of carbonyl (C=O) groups is 2. The monoisotopic (exact) mass is 368 g/mol. The zero-order valence-electron chi connectivity index (χ0n) is 17.2. The van der Waals surface area contributed by atoms with E-state index < -0.39 is 5.60 Å². The van der Waals surface area contributed by atoms with Gasteiger partial charge in [0.1, 0.15) is 12.4 Å². The summed E-state index contributed by atoms with van der Waals surface area (Å²) in [6.45, 7) is 14.3. The molecule has 0 saturated carbocycles. The van der Waals surface area contributed by atoms with E-state index >= 15 is 0 Å². The molecule has 0 unspecified atom stereocenters. The minimum Gasteiger partial charge on any atom is -0.444 e. The highest BCUT2D eigenvalue weighted by molar-refractivity contribution is 5.97. The Morgan fingerprint density at radius 3 is 2.00 bits per heavy atom. The molecule has 7 nitrogen and oxygen atoms in total. The number of carbonyl (C=O) groups excluding carboxylic acids is 2. The van der Waals surface area contributed by atoms with Gasteiger partial charge in [0.25, 0.3) is 0 Å². The highest BCUT2D eigenvalue weighted by Gasteiger charge is 2.26. The van der Waals surface area contributed by atoms with Crippen molar-refractivity contribution in [3.8, 4) is 0 Å². The molecule has 26 heavy (non-hydrogen) atoms. The van der Waals surface area contributed by atoms with Crippen molar-refractivity contribution in [1.29, 1.82) is 5.41 Å². The molecular formula is C19H36N4O3. The molecule has 0 aromatic carbocycles. The number of piperazine rings is 1. The van der Waals surface area contributed by atoms with Crippen molar-refractivity contribution in [3.05, 3.63) is 23.9 Å². The fourth-order valence-electron chi connectivity index (χ4n) is 2.22. The van der Waals surface area contributed by atoms with E-state index in [-0.39, 0.29) is 6.09 Å². The first kappa shape index (κ1) is 26.1. The number of hydrogen-bond acceptors (Lipinski definition) is 6. The Hall–Kier alpha value is -2.15.